The summed E-state index contributed by atoms with van der Waals surface area (Å²) < 4.78 is 14.8. The minimum absolute atomic E-state index is 0.0885. The average Bonchev–Trinajstić information content (AvgIpc) is 2.47. The Morgan fingerprint density at radius 3 is 2.43 bits per heavy atom. The minimum atomic E-state index is -0.721. The molecule has 8 heteroatoms. The van der Waals surface area contributed by atoms with Crippen molar-refractivity contribution in [2.24, 2.45) is 0 Å². The summed E-state index contributed by atoms with van der Waals surface area (Å²) in [6.45, 7) is 0. The Labute approximate surface area is 135 Å². The molecule has 0 fully saturated rings. The SMILES string of the molecule is COC(=O)/C=C(/Nc1cc(OC)c(Cl)cc1Br)C(=O)OC. The van der Waals surface area contributed by atoms with Crippen LogP contribution in [0.5, 0.6) is 5.75 Å². The van der Waals surface area contributed by atoms with Crippen molar-refractivity contribution < 1.29 is 23.8 Å². The molecule has 1 N–H and O–H groups in total. The van der Waals surface area contributed by atoms with Crippen molar-refractivity contribution in [1.29, 1.82) is 0 Å². The van der Waals surface area contributed by atoms with Crippen LogP contribution in [0, 0.1) is 0 Å². The lowest BCUT2D eigenvalue weighted by Crippen LogP contribution is -2.15. The number of hydrogen-bond donors (Lipinski definition) is 1. The predicted octanol–water partition coefficient (Wildman–Crippen LogP) is 2.75. The van der Waals surface area contributed by atoms with Gasteiger partial charge in [0.25, 0.3) is 0 Å². The van der Waals surface area contributed by atoms with Crippen LogP contribution in [-0.2, 0) is 19.1 Å². The lowest BCUT2D eigenvalue weighted by molar-refractivity contribution is -0.138. The van der Waals surface area contributed by atoms with Gasteiger partial charge in [0.1, 0.15) is 11.4 Å². The largest absolute Gasteiger partial charge is 0.495 e. The molecular formula is C13H13BrClNO5. The van der Waals surface area contributed by atoms with E-state index in [1.165, 1.54) is 21.3 Å². The van der Waals surface area contributed by atoms with E-state index in [0.29, 0.717) is 20.9 Å². The average molecular weight is 379 g/mol. The highest BCUT2D eigenvalue weighted by atomic mass is 79.9. The number of anilines is 1. The van der Waals surface area contributed by atoms with Crippen LogP contribution in [0.4, 0.5) is 5.69 Å². The van der Waals surface area contributed by atoms with Crippen LogP contribution in [0.25, 0.3) is 0 Å². The first-order chi connectivity index (χ1) is 9.92. The molecule has 1 aromatic carbocycles. The summed E-state index contributed by atoms with van der Waals surface area (Å²) in [4.78, 5) is 23.0. The summed E-state index contributed by atoms with van der Waals surface area (Å²) >= 11 is 9.27. The highest BCUT2D eigenvalue weighted by Crippen LogP contribution is 2.34. The van der Waals surface area contributed by atoms with Crippen LogP contribution in [0.1, 0.15) is 0 Å². The molecule has 0 saturated heterocycles. The van der Waals surface area contributed by atoms with Crippen molar-refractivity contribution in [2.75, 3.05) is 26.6 Å². The standard InChI is InChI=1S/C13H13BrClNO5/c1-19-11-5-9(7(14)4-8(11)15)16-10(13(18)21-3)6-12(17)20-2/h4-6,16H,1-3H3/b10-6+. The second-order valence-corrected chi connectivity index (χ2v) is 4.93. The molecule has 0 aliphatic rings. The van der Waals surface area contributed by atoms with Gasteiger partial charge >= 0.3 is 11.9 Å². The fourth-order valence-corrected chi connectivity index (χ4v) is 2.17. The fourth-order valence-electron chi connectivity index (χ4n) is 1.36. The number of methoxy groups -OCH3 is 3. The van der Waals surface area contributed by atoms with E-state index in [4.69, 9.17) is 16.3 Å². The van der Waals surface area contributed by atoms with Crippen molar-refractivity contribution in [1.82, 2.24) is 0 Å². The first kappa shape index (κ1) is 17.3. The lowest BCUT2D eigenvalue weighted by atomic mass is 10.2. The molecule has 0 bridgehead atoms. The second kappa shape index (κ2) is 7.90. The highest BCUT2D eigenvalue weighted by molar-refractivity contribution is 9.10. The number of benzene rings is 1. The topological polar surface area (TPSA) is 73.9 Å². The molecule has 0 aliphatic carbocycles. The summed E-state index contributed by atoms with van der Waals surface area (Å²) in [6.07, 6.45) is 0.985. The summed E-state index contributed by atoms with van der Waals surface area (Å²) in [5, 5.41) is 3.16. The zero-order chi connectivity index (χ0) is 16.0. The minimum Gasteiger partial charge on any atom is -0.495 e. The van der Waals surface area contributed by atoms with Gasteiger partial charge in [-0.2, -0.15) is 0 Å². The third-order valence-electron chi connectivity index (χ3n) is 2.38. The quantitative estimate of drug-likeness (QED) is 0.627. The van der Waals surface area contributed by atoms with Crippen LogP contribution in [0.2, 0.25) is 5.02 Å². The van der Waals surface area contributed by atoms with E-state index < -0.39 is 11.9 Å². The van der Waals surface area contributed by atoms with Gasteiger partial charge in [0.05, 0.1) is 38.1 Å². The van der Waals surface area contributed by atoms with Gasteiger partial charge < -0.3 is 19.5 Å². The van der Waals surface area contributed by atoms with Gasteiger partial charge in [0.2, 0.25) is 0 Å². The number of hydrogen-bond acceptors (Lipinski definition) is 6. The van der Waals surface area contributed by atoms with Crippen LogP contribution >= 0.6 is 27.5 Å². The van der Waals surface area contributed by atoms with Crippen molar-refractivity contribution in [3.63, 3.8) is 0 Å². The van der Waals surface area contributed by atoms with E-state index in [9.17, 15) is 9.59 Å². The van der Waals surface area contributed by atoms with E-state index >= 15 is 0 Å². The molecule has 0 atom stereocenters. The molecule has 0 spiro atoms. The molecule has 0 radical (unpaired) electrons. The normalized spacial score (nSPS) is 10.8. The molecule has 0 amide bonds. The first-order valence-electron chi connectivity index (χ1n) is 5.61. The molecule has 6 nitrogen and oxygen atoms in total. The first-order valence-corrected chi connectivity index (χ1v) is 6.78. The number of nitrogens with one attached hydrogen (secondary N) is 1. The van der Waals surface area contributed by atoms with Crippen LogP contribution in [0.15, 0.2) is 28.4 Å². The number of ether oxygens (including phenoxy) is 3. The monoisotopic (exact) mass is 377 g/mol. The Hall–Kier alpha value is -1.73. The second-order valence-electron chi connectivity index (χ2n) is 3.66. The summed E-state index contributed by atoms with van der Waals surface area (Å²) in [6, 6.07) is 3.16. The Bertz CT molecular complexity index is 588. The van der Waals surface area contributed by atoms with Crippen molar-refractivity contribution in [3.8, 4) is 5.75 Å². The smallest absolute Gasteiger partial charge is 0.354 e. The number of carbonyl (C=O) groups is 2. The Balaban J connectivity index is 3.18. The highest BCUT2D eigenvalue weighted by Gasteiger charge is 2.15. The van der Waals surface area contributed by atoms with E-state index in [1.807, 2.05) is 0 Å². The number of esters is 2. The molecule has 1 aromatic rings. The Kier molecular flexibility index (Phi) is 6.51. The summed E-state index contributed by atoms with van der Waals surface area (Å²) in [5.74, 6) is -1.01. The fraction of sp³-hybridized carbons (Fsp3) is 0.231. The van der Waals surface area contributed by atoms with Crippen LogP contribution < -0.4 is 10.1 Å². The number of halogens is 2. The third-order valence-corrected chi connectivity index (χ3v) is 3.33. The Morgan fingerprint density at radius 2 is 1.90 bits per heavy atom. The van der Waals surface area contributed by atoms with Gasteiger partial charge in [-0.05, 0) is 22.0 Å². The molecule has 0 unspecified atom stereocenters. The maximum Gasteiger partial charge on any atom is 0.354 e. The predicted molar refractivity (Wildman–Crippen MR) is 81.4 cm³/mol. The van der Waals surface area contributed by atoms with E-state index in [-0.39, 0.29) is 5.70 Å². The zero-order valence-corrected chi connectivity index (χ0v) is 13.9. The van der Waals surface area contributed by atoms with E-state index in [2.05, 4.69) is 30.7 Å². The molecule has 0 aromatic heterocycles. The summed E-state index contributed by atoms with van der Waals surface area (Å²) in [7, 11) is 3.87. The van der Waals surface area contributed by atoms with Gasteiger partial charge in [0, 0.05) is 10.5 Å². The molecule has 0 heterocycles. The Morgan fingerprint density at radius 1 is 1.24 bits per heavy atom. The molecular weight excluding hydrogens is 366 g/mol. The van der Waals surface area contributed by atoms with Gasteiger partial charge in [0.15, 0.2) is 0 Å². The van der Waals surface area contributed by atoms with Gasteiger partial charge in [-0.1, -0.05) is 11.6 Å². The van der Waals surface area contributed by atoms with E-state index in [1.54, 1.807) is 12.1 Å². The van der Waals surface area contributed by atoms with Crippen LogP contribution in [-0.4, -0.2) is 33.3 Å². The number of rotatable bonds is 5. The maximum atomic E-state index is 11.7. The summed E-state index contributed by atoms with van der Waals surface area (Å²) in [5.41, 5.74) is 0.381. The molecule has 21 heavy (non-hydrogen) atoms. The van der Waals surface area contributed by atoms with Crippen LogP contribution in [0.3, 0.4) is 0 Å². The molecule has 114 valence electrons. The van der Waals surface area contributed by atoms with Crippen molar-refractivity contribution in [2.45, 2.75) is 0 Å². The third kappa shape index (κ3) is 4.64. The van der Waals surface area contributed by atoms with Crippen molar-refractivity contribution >= 4 is 45.2 Å². The van der Waals surface area contributed by atoms with Gasteiger partial charge in [-0.3, -0.25) is 0 Å². The van der Waals surface area contributed by atoms with Crippen molar-refractivity contribution in [3.05, 3.63) is 33.4 Å². The molecule has 0 aliphatic heterocycles. The molecule has 1 rings (SSSR count). The maximum absolute atomic E-state index is 11.7. The van der Waals surface area contributed by atoms with E-state index in [0.717, 1.165) is 6.08 Å². The van der Waals surface area contributed by atoms with Gasteiger partial charge in [-0.25, -0.2) is 9.59 Å². The number of carbonyl (C=O) groups excluding carboxylic acids is 2. The lowest BCUT2D eigenvalue weighted by Gasteiger charge is -2.13. The molecule has 0 saturated carbocycles. The zero-order valence-electron chi connectivity index (χ0n) is 11.5. The van der Waals surface area contributed by atoms with Gasteiger partial charge in [-0.15, -0.1) is 0 Å².